The summed E-state index contributed by atoms with van der Waals surface area (Å²) in [7, 11) is 1.12. The van der Waals surface area contributed by atoms with E-state index in [1.54, 1.807) is 0 Å². The van der Waals surface area contributed by atoms with Crippen LogP contribution in [0.2, 0.25) is 0 Å². The number of hydrogen-bond acceptors (Lipinski definition) is 3. The molecule has 1 aromatic rings. The minimum absolute atomic E-state index is 0.0904. The van der Waals surface area contributed by atoms with Gasteiger partial charge in [-0.2, -0.15) is 0 Å². The van der Waals surface area contributed by atoms with Gasteiger partial charge in [-0.3, -0.25) is 0 Å². The maximum atomic E-state index is 13.5. The molecule has 1 N–H and O–H groups in total. The molecule has 0 aromatic heterocycles. The van der Waals surface area contributed by atoms with Crippen LogP contribution >= 0.6 is 0 Å². The second kappa shape index (κ2) is 4.08. The molecule has 1 aromatic carbocycles. The van der Waals surface area contributed by atoms with Gasteiger partial charge in [0.15, 0.2) is 11.6 Å². The molecule has 0 atom stereocenters. The standard InChI is InChI=1S/C11H11F2NO2/c1-16-11(15)7-4-5-8(10(13)9(7)12)14-6-2-3-6/h4-6,14H,2-3H2,1H3. The minimum atomic E-state index is -1.17. The Balaban J connectivity index is 2.30. The third kappa shape index (κ3) is 1.98. The molecule has 0 radical (unpaired) electrons. The summed E-state index contributed by atoms with van der Waals surface area (Å²) in [5, 5.41) is 2.84. The van der Waals surface area contributed by atoms with Crippen LogP contribution in [0.4, 0.5) is 14.5 Å². The zero-order valence-corrected chi connectivity index (χ0v) is 8.72. The maximum Gasteiger partial charge on any atom is 0.340 e. The molecule has 0 spiro atoms. The van der Waals surface area contributed by atoms with Crippen molar-refractivity contribution in [3.8, 4) is 0 Å². The van der Waals surface area contributed by atoms with Crippen LogP contribution < -0.4 is 5.32 Å². The van der Waals surface area contributed by atoms with Crippen molar-refractivity contribution in [3.05, 3.63) is 29.3 Å². The Hall–Kier alpha value is -1.65. The summed E-state index contributed by atoms with van der Waals surface area (Å²) in [6.45, 7) is 0. The molecule has 0 unspecified atom stereocenters. The van der Waals surface area contributed by atoms with E-state index in [2.05, 4.69) is 10.1 Å². The van der Waals surface area contributed by atoms with Gasteiger partial charge in [0.2, 0.25) is 0 Å². The molecule has 1 aliphatic carbocycles. The highest BCUT2D eigenvalue weighted by molar-refractivity contribution is 5.90. The molecule has 2 rings (SSSR count). The Labute approximate surface area is 91.4 Å². The summed E-state index contributed by atoms with van der Waals surface area (Å²) in [6, 6.07) is 2.79. The molecule has 3 nitrogen and oxygen atoms in total. The molecule has 16 heavy (non-hydrogen) atoms. The second-order valence-corrected chi connectivity index (χ2v) is 3.70. The summed E-state index contributed by atoms with van der Waals surface area (Å²) in [6.07, 6.45) is 1.92. The Morgan fingerprint density at radius 1 is 1.38 bits per heavy atom. The first-order valence-corrected chi connectivity index (χ1v) is 4.96. The van der Waals surface area contributed by atoms with E-state index in [-0.39, 0.29) is 17.3 Å². The van der Waals surface area contributed by atoms with Crippen molar-refractivity contribution in [2.45, 2.75) is 18.9 Å². The molecule has 0 amide bonds. The molecule has 1 aliphatic rings. The van der Waals surface area contributed by atoms with Crippen LogP contribution in [0.5, 0.6) is 0 Å². The number of anilines is 1. The fourth-order valence-electron chi connectivity index (χ4n) is 1.38. The van der Waals surface area contributed by atoms with Crippen molar-refractivity contribution >= 4 is 11.7 Å². The van der Waals surface area contributed by atoms with Crippen LogP contribution in [0, 0.1) is 11.6 Å². The molecule has 0 aliphatic heterocycles. The van der Waals surface area contributed by atoms with Gasteiger partial charge >= 0.3 is 5.97 Å². The number of carbonyl (C=O) groups is 1. The number of nitrogens with one attached hydrogen (secondary N) is 1. The molecule has 1 saturated carbocycles. The molecule has 0 heterocycles. The summed E-state index contributed by atoms with van der Waals surface area (Å²) in [5.74, 6) is -3.08. The van der Waals surface area contributed by atoms with Crippen molar-refractivity contribution < 1.29 is 18.3 Å². The molecule has 0 saturated heterocycles. The summed E-state index contributed by atoms with van der Waals surface area (Å²) >= 11 is 0. The first kappa shape index (κ1) is 10.9. The lowest BCUT2D eigenvalue weighted by Gasteiger charge is -2.08. The Bertz CT molecular complexity index is 430. The van der Waals surface area contributed by atoms with Crippen LogP contribution in [-0.2, 0) is 4.74 Å². The quantitative estimate of drug-likeness (QED) is 0.805. The highest BCUT2D eigenvalue weighted by Crippen LogP contribution is 2.28. The van der Waals surface area contributed by atoms with Gasteiger partial charge in [-0.15, -0.1) is 0 Å². The van der Waals surface area contributed by atoms with E-state index in [0.29, 0.717) is 0 Å². The lowest BCUT2D eigenvalue weighted by atomic mass is 10.2. The SMILES string of the molecule is COC(=O)c1ccc(NC2CC2)c(F)c1F. The van der Waals surface area contributed by atoms with Gasteiger partial charge in [-0.25, -0.2) is 13.6 Å². The number of carbonyl (C=O) groups excluding carboxylic acids is 1. The van der Waals surface area contributed by atoms with Crippen LogP contribution in [0.25, 0.3) is 0 Å². The first-order chi connectivity index (χ1) is 7.63. The van der Waals surface area contributed by atoms with Crippen LogP contribution in [0.15, 0.2) is 12.1 Å². The number of halogens is 2. The van der Waals surface area contributed by atoms with Gasteiger partial charge in [-0.05, 0) is 25.0 Å². The van der Waals surface area contributed by atoms with E-state index in [1.165, 1.54) is 12.1 Å². The summed E-state index contributed by atoms with van der Waals surface area (Å²) < 4.78 is 31.3. The number of esters is 1. The predicted octanol–water partition coefficient (Wildman–Crippen LogP) is 2.33. The van der Waals surface area contributed by atoms with Gasteiger partial charge in [-0.1, -0.05) is 0 Å². The van der Waals surface area contributed by atoms with E-state index in [4.69, 9.17) is 0 Å². The van der Waals surface area contributed by atoms with Gasteiger partial charge < -0.3 is 10.1 Å². The smallest absolute Gasteiger partial charge is 0.340 e. The largest absolute Gasteiger partial charge is 0.465 e. The van der Waals surface area contributed by atoms with E-state index >= 15 is 0 Å². The second-order valence-electron chi connectivity index (χ2n) is 3.70. The average Bonchev–Trinajstić information content (AvgIpc) is 3.08. The van der Waals surface area contributed by atoms with Gasteiger partial charge in [0.1, 0.15) is 0 Å². The number of ether oxygens (including phenoxy) is 1. The summed E-state index contributed by atoms with van der Waals surface area (Å²) in [4.78, 5) is 11.1. The third-order valence-electron chi connectivity index (χ3n) is 2.42. The van der Waals surface area contributed by atoms with Crippen molar-refractivity contribution in [2.24, 2.45) is 0 Å². The monoisotopic (exact) mass is 227 g/mol. The summed E-state index contributed by atoms with van der Waals surface area (Å²) in [5.41, 5.74) is -0.297. The fraction of sp³-hybridized carbons (Fsp3) is 0.364. The fourth-order valence-corrected chi connectivity index (χ4v) is 1.38. The van der Waals surface area contributed by atoms with Crippen molar-refractivity contribution in [2.75, 3.05) is 12.4 Å². The van der Waals surface area contributed by atoms with E-state index in [1.807, 2.05) is 0 Å². The Morgan fingerprint density at radius 2 is 2.06 bits per heavy atom. The number of rotatable bonds is 3. The molecular formula is C11H11F2NO2. The molecule has 5 heteroatoms. The van der Waals surface area contributed by atoms with Gasteiger partial charge in [0.25, 0.3) is 0 Å². The lowest BCUT2D eigenvalue weighted by Crippen LogP contribution is -2.10. The number of methoxy groups -OCH3 is 1. The zero-order chi connectivity index (χ0) is 11.7. The first-order valence-electron chi connectivity index (χ1n) is 4.96. The van der Waals surface area contributed by atoms with Gasteiger partial charge in [0, 0.05) is 6.04 Å². The zero-order valence-electron chi connectivity index (χ0n) is 8.72. The normalized spacial score (nSPS) is 14.7. The van der Waals surface area contributed by atoms with E-state index in [9.17, 15) is 13.6 Å². The molecule has 86 valence electrons. The molecule has 0 bridgehead atoms. The lowest BCUT2D eigenvalue weighted by molar-refractivity contribution is 0.0594. The van der Waals surface area contributed by atoms with E-state index < -0.39 is 17.6 Å². The van der Waals surface area contributed by atoms with Crippen LogP contribution in [0.1, 0.15) is 23.2 Å². The highest BCUT2D eigenvalue weighted by Gasteiger charge is 2.25. The minimum Gasteiger partial charge on any atom is -0.465 e. The maximum absolute atomic E-state index is 13.5. The predicted molar refractivity (Wildman–Crippen MR) is 54.3 cm³/mol. The van der Waals surface area contributed by atoms with Crippen molar-refractivity contribution in [3.63, 3.8) is 0 Å². The Kier molecular flexibility index (Phi) is 2.77. The average molecular weight is 227 g/mol. The molecular weight excluding hydrogens is 216 g/mol. The number of benzene rings is 1. The van der Waals surface area contributed by atoms with Gasteiger partial charge in [0.05, 0.1) is 18.4 Å². The van der Waals surface area contributed by atoms with Crippen LogP contribution in [-0.4, -0.2) is 19.1 Å². The third-order valence-corrected chi connectivity index (χ3v) is 2.42. The van der Waals surface area contributed by atoms with E-state index in [0.717, 1.165) is 20.0 Å². The molecule has 1 fully saturated rings. The highest BCUT2D eigenvalue weighted by atomic mass is 19.2. The van der Waals surface area contributed by atoms with Crippen molar-refractivity contribution in [1.29, 1.82) is 0 Å². The number of hydrogen-bond donors (Lipinski definition) is 1. The van der Waals surface area contributed by atoms with Crippen LogP contribution in [0.3, 0.4) is 0 Å². The topological polar surface area (TPSA) is 38.3 Å². The Morgan fingerprint density at radius 3 is 2.62 bits per heavy atom. The van der Waals surface area contributed by atoms with Crippen molar-refractivity contribution in [1.82, 2.24) is 0 Å².